The third-order valence-corrected chi connectivity index (χ3v) is 3.87. The van der Waals surface area contributed by atoms with Gasteiger partial charge in [0.25, 0.3) is 0 Å². The van der Waals surface area contributed by atoms with Gasteiger partial charge in [-0.05, 0) is 43.4 Å². The van der Waals surface area contributed by atoms with E-state index in [1.807, 2.05) is 0 Å². The van der Waals surface area contributed by atoms with Crippen LogP contribution in [0.2, 0.25) is 0 Å². The van der Waals surface area contributed by atoms with Crippen LogP contribution in [0.3, 0.4) is 0 Å². The lowest BCUT2D eigenvalue weighted by Gasteiger charge is -2.11. The first-order chi connectivity index (χ1) is 8.86. The Morgan fingerprint density at radius 2 is 1.89 bits per heavy atom. The number of hydrogen-bond donors (Lipinski definition) is 0. The van der Waals surface area contributed by atoms with Crippen molar-refractivity contribution in [3.8, 4) is 0 Å². The number of aromatic nitrogens is 2. The maximum absolute atomic E-state index is 4.80. The number of hydrogen-bond acceptors (Lipinski definition) is 1. The van der Waals surface area contributed by atoms with Crippen molar-refractivity contribution in [3.63, 3.8) is 0 Å². The van der Waals surface area contributed by atoms with Crippen LogP contribution >= 0.6 is 0 Å². The Balaban J connectivity index is 2.04. The summed E-state index contributed by atoms with van der Waals surface area (Å²) in [7, 11) is 2.13. The highest BCUT2D eigenvalue weighted by molar-refractivity contribution is 5.79. The average molecular weight is 240 g/mol. The first-order valence-corrected chi connectivity index (χ1v) is 6.97. The molecule has 94 valence electrons. The van der Waals surface area contributed by atoms with Crippen molar-refractivity contribution < 1.29 is 0 Å². The van der Waals surface area contributed by atoms with E-state index in [0.29, 0.717) is 0 Å². The second-order valence-corrected chi connectivity index (χ2v) is 5.17. The molecule has 0 N–H and O–H groups in total. The molecule has 2 nitrogen and oxygen atoms in total. The average Bonchev–Trinajstić information content (AvgIpc) is 2.67. The molecule has 0 spiro atoms. The SMILES string of the molecule is Cn1c(/C2=C/CCCCCC2)nc2ccccc21. The summed E-state index contributed by atoms with van der Waals surface area (Å²) in [5.74, 6) is 1.16. The Morgan fingerprint density at radius 1 is 1.06 bits per heavy atom. The van der Waals surface area contributed by atoms with Crippen LogP contribution in [-0.4, -0.2) is 9.55 Å². The molecule has 1 aliphatic carbocycles. The molecule has 0 atom stereocenters. The van der Waals surface area contributed by atoms with Crippen molar-refractivity contribution in [3.05, 3.63) is 36.2 Å². The summed E-state index contributed by atoms with van der Waals surface area (Å²) < 4.78 is 2.24. The Hall–Kier alpha value is -1.57. The molecule has 0 saturated carbocycles. The Bertz CT molecular complexity index is 578. The lowest BCUT2D eigenvalue weighted by molar-refractivity contribution is 0.641. The highest BCUT2D eigenvalue weighted by Crippen LogP contribution is 2.27. The van der Waals surface area contributed by atoms with Gasteiger partial charge in [0.05, 0.1) is 11.0 Å². The van der Waals surface area contributed by atoms with Gasteiger partial charge in [0, 0.05) is 7.05 Å². The van der Waals surface area contributed by atoms with E-state index >= 15 is 0 Å². The molecule has 18 heavy (non-hydrogen) atoms. The molecule has 2 heteroatoms. The van der Waals surface area contributed by atoms with Gasteiger partial charge in [0.2, 0.25) is 0 Å². The zero-order chi connectivity index (χ0) is 12.4. The first kappa shape index (κ1) is 11.5. The summed E-state index contributed by atoms with van der Waals surface area (Å²) in [5.41, 5.74) is 3.78. The second-order valence-electron chi connectivity index (χ2n) is 5.17. The summed E-state index contributed by atoms with van der Waals surface area (Å²) in [6, 6.07) is 8.39. The lowest BCUT2D eigenvalue weighted by Crippen LogP contribution is -1.99. The minimum atomic E-state index is 1.11. The van der Waals surface area contributed by atoms with Crippen LogP contribution in [-0.2, 0) is 7.05 Å². The van der Waals surface area contributed by atoms with Gasteiger partial charge < -0.3 is 4.57 Å². The van der Waals surface area contributed by atoms with Crippen LogP contribution in [0.5, 0.6) is 0 Å². The fourth-order valence-electron chi connectivity index (χ4n) is 2.83. The van der Waals surface area contributed by atoms with Crippen LogP contribution in [0.1, 0.15) is 44.3 Å². The number of rotatable bonds is 1. The number of nitrogens with zero attached hydrogens (tertiary/aromatic N) is 2. The van der Waals surface area contributed by atoms with E-state index in [1.54, 1.807) is 0 Å². The molecule has 0 saturated heterocycles. The summed E-state index contributed by atoms with van der Waals surface area (Å²) in [6.07, 6.45) is 10.2. The van der Waals surface area contributed by atoms with E-state index in [0.717, 1.165) is 11.3 Å². The first-order valence-electron chi connectivity index (χ1n) is 6.97. The standard InChI is InChI=1S/C16H20N2/c1-18-15-12-8-7-11-14(15)17-16(18)13-9-5-3-2-4-6-10-13/h7-9,11-12H,2-6,10H2,1H3/b13-9+. The topological polar surface area (TPSA) is 17.8 Å². The number of aryl methyl sites for hydroxylation is 1. The van der Waals surface area contributed by atoms with E-state index in [4.69, 9.17) is 4.98 Å². The predicted octanol–water partition coefficient (Wildman–Crippen LogP) is 4.31. The molecule has 1 heterocycles. The molecule has 0 unspecified atom stereocenters. The van der Waals surface area contributed by atoms with Crippen LogP contribution in [0.15, 0.2) is 30.3 Å². The molecule has 1 aliphatic rings. The minimum absolute atomic E-state index is 1.11. The van der Waals surface area contributed by atoms with Crippen molar-refractivity contribution in [2.75, 3.05) is 0 Å². The number of fused-ring (bicyclic) bond motifs is 1. The normalized spacial score (nSPS) is 20.2. The summed E-state index contributed by atoms with van der Waals surface area (Å²) in [6.45, 7) is 0. The van der Waals surface area contributed by atoms with Crippen LogP contribution < -0.4 is 0 Å². The largest absolute Gasteiger partial charge is 0.327 e. The van der Waals surface area contributed by atoms with Gasteiger partial charge >= 0.3 is 0 Å². The molecule has 3 rings (SSSR count). The number of para-hydroxylation sites is 2. The maximum Gasteiger partial charge on any atom is 0.136 e. The van der Waals surface area contributed by atoms with Crippen LogP contribution in [0.25, 0.3) is 16.6 Å². The zero-order valence-electron chi connectivity index (χ0n) is 11.0. The Kier molecular flexibility index (Phi) is 3.18. The molecule has 0 aliphatic heterocycles. The van der Waals surface area contributed by atoms with Gasteiger partial charge in [0.1, 0.15) is 5.82 Å². The van der Waals surface area contributed by atoms with Gasteiger partial charge in [-0.3, -0.25) is 0 Å². The number of benzene rings is 1. The van der Waals surface area contributed by atoms with Crippen molar-refractivity contribution in [1.82, 2.24) is 9.55 Å². The molecular formula is C16H20N2. The third-order valence-electron chi connectivity index (χ3n) is 3.87. The monoisotopic (exact) mass is 240 g/mol. The second kappa shape index (κ2) is 4.97. The molecule has 0 radical (unpaired) electrons. The number of imidazole rings is 1. The van der Waals surface area contributed by atoms with E-state index < -0.39 is 0 Å². The third kappa shape index (κ3) is 2.07. The van der Waals surface area contributed by atoms with E-state index in [-0.39, 0.29) is 0 Å². The molecule has 1 aromatic heterocycles. The lowest BCUT2D eigenvalue weighted by atomic mass is 9.99. The highest BCUT2D eigenvalue weighted by atomic mass is 15.1. The highest BCUT2D eigenvalue weighted by Gasteiger charge is 2.12. The molecule has 1 aromatic carbocycles. The molecule has 2 aromatic rings. The van der Waals surface area contributed by atoms with Crippen molar-refractivity contribution in [2.45, 2.75) is 38.5 Å². The van der Waals surface area contributed by atoms with Gasteiger partial charge in [-0.2, -0.15) is 0 Å². The van der Waals surface area contributed by atoms with E-state index in [1.165, 1.54) is 49.6 Å². The van der Waals surface area contributed by atoms with Crippen molar-refractivity contribution in [1.29, 1.82) is 0 Å². The van der Waals surface area contributed by atoms with Crippen molar-refractivity contribution in [2.24, 2.45) is 7.05 Å². The summed E-state index contributed by atoms with van der Waals surface area (Å²) >= 11 is 0. The maximum atomic E-state index is 4.80. The smallest absolute Gasteiger partial charge is 0.136 e. The fourth-order valence-corrected chi connectivity index (χ4v) is 2.83. The molecule has 0 bridgehead atoms. The Labute approximate surface area is 108 Å². The summed E-state index contributed by atoms with van der Waals surface area (Å²) in [5, 5.41) is 0. The zero-order valence-corrected chi connectivity index (χ0v) is 11.0. The minimum Gasteiger partial charge on any atom is -0.327 e. The van der Waals surface area contributed by atoms with E-state index in [2.05, 4.69) is 42.0 Å². The quantitative estimate of drug-likeness (QED) is 0.726. The molecule has 0 amide bonds. The fraction of sp³-hybridized carbons (Fsp3) is 0.438. The van der Waals surface area contributed by atoms with Crippen molar-refractivity contribution >= 4 is 16.6 Å². The van der Waals surface area contributed by atoms with Gasteiger partial charge in [-0.1, -0.05) is 31.1 Å². The van der Waals surface area contributed by atoms with Crippen LogP contribution in [0.4, 0.5) is 0 Å². The summed E-state index contributed by atoms with van der Waals surface area (Å²) in [4.78, 5) is 4.80. The number of allylic oxidation sites excluding steroid dienone is 2. The van der Waals surface area contributed by atoms with Gasteiger partial charge in [0.15, 0.2) is 0 Å². The molecule has 0 fully saturated rings. The molecular weight excluding hydrogens is 220 g/mol. The predicted molar refractivity (Wildman–Crippen MR) is 76.4 cm³/mol. The van der Waals surface area contributed by atoms with Crippen LogP contribution in [0, 0.1) is 0 Å². The Morgan fingerprint density at radius 3 is 2.78 bits per heavy atom. The van der Waals surface area contributed by atoms with Gasteiger partial charge in [-0.15, -0.1) is 0 Å². The van der Waals surface area contributed by atoms with Gasteiger partial charge in [-0.25, -0.2) is 4.98 Å². The van der Waals surface area contributed by atoms with E-state index in [9.17, 15) is 0 Å².